The van der Waals surface area contributed by atoms with Crippen molar-refractivity contribution in [2.24, 2.45) is 0 Å². The molecular formula is C24H24ClN5O4S. The van der Waals surface area contributed by atoms with E-state index in [0.717, 1.165) is 0 Å². The van der Waals surface area contributed by atoms with Gasteiger partial charge in [0.25, 0.3) is 5.91 Å². The van der Waals surface area contributed by atoms with Crippen LogP contribution in [0.4, 0.5) is 5.69 Å². The van der Waals surface area contributed by atoms with Crippen molar-refractivity contribution >= 4 is 46.8 Å². The zero-order valence-electron chi connectivity index (χ0n) is 19.2. The van der Waals surface area contributed by atoms with Crippen molar-refractivity contribution in [2.45, 2.75) is 24.7 Å². The molecule has 0 spiro atoms. The van der Waals surface area contributed by atoms with Crippen LogP contribution in [0.15, 0.2) is 66.3 Å². The van der Waals surface area contributed by atoms with Crippen LogP contribution in [0.3, 0.4) is 0 Å². The molecule has 0 aliphatic rings. The predicted octanol–water partition coefficient (Wildman–Crippen LogP) is 4.13. The Morgan fingerprint density at radius 1 is 1.20 bits per heavy atom. The SMILES string of the molecule is C=CCn1c(SCC(=O)Nc2ccccc2C(=O)OC)nnc1[C@@H](C)NC(=O)c1cccc(Cl)c1. The van der Waals surface area contributed by atoms with E-state index in [4.69, 9.17) is 16.3 Å². The van der Waals surface area contributed by atoms with E-state index in [0.29, 0.717) is 33.8 Å². The van der Waals surface area contributed by atoms with Gasteiger partial charge < -0.3 is 19.9 Å². The van der Waals surface area contributed by atoms with Gasteiger partial charge in [-0.2, -0.15) is 0 Å². The van der Waals surface area contributed by atoms with Gasteiger partial charge in [-0.3, -0.25) is 9.59 Å². The van der Waals surface area contributed by atoms with Gasteiger partial charge in [0, 0.05) is 17.1 Å². The van der Waals surface area contributed by atoms with E-state index >= 15 is 0 Å². The van der Waals surface area contributed by atoms with Gasteiger partial charge in [-0.25, -0.2) is 4.79 Å². The minimum absolute atomic E-state index is 0.0219. The van der Waals surface area contributed by atoms with Crippen LogP contribution >= 0.6 is 23.4 Å². The second-order valence-corrected chi connectivity index (χ2v) is 8.70. The van der Waals surface area contributed by atoms with Gasteiger partial charge in [0.1, 0.15) is 0 Å². The summed E-state index contributed by atoms with van der Waals surface area (Å²) >= 11 is 7.15. The lowest BCUT2D eigenvalue weighted by atomic mass is 10.2. The average molecular weight is 514 g/mol. The van der Waals surface area contributed by atoms with Gasteiger partial charge in [-0.05, 0) is 37.3 Å². The Morgan fingerprint density at radius 2 is 1.97 bits per heavy atom. The number of carbonyl (C=O) groups excluding carboxylic acids is 3. The Bertz CT molecular complexity index is 1250. The number of halogens is 1. The number of thioether (sulfide) groups is 1. The van der Waals surface area contributed by atoms with Crippen molar-refractivity contribution in [3.8, 4) is 0 Å². The average Bonchev–Trinajstić information content (AvgIpc) is 3.25. The topological polar surface area (TPSA) is 115 Å². The Balaban J connectivity index is 1.68. The first-order valence-corrected chi connectivity index (χ1v) is 11.9. The molecule has 0 aliphatic heterocycles. The third kappa shape index (κ3) is 6.71. The van der Waals surface area contributed by atoms with E-state index in [1.165, 1.54) is 18.9 Å². The van der Waals surface area contributed by atoms with Gasteiger partial charge in [-0.1, -0.05) is 47.6 Å². The fourth-order valence-corrected chi connectivity index (χ4v) is 4.14. The Kier molecular flexibility index (Phi) is 9.04. The number of allylic oxidation sites excluding steroid dienone is 1. The Labute approximate surface area is 211 Å². The third-order valence-corrected chi connectivity index (χ3v) is 6.02. The van der Waals surface area contributed by atoms with Crippen LogP contribution < -0.4 is 10.6 Å². The van der Waals surface area contributed by atoms with Crippen molar-refractivity contribution in [2.75, 3.05) is 18.2 Å². The molecule has 0 unspecified atom stereocenters. The number of esters is 1. The quantitative estimate of drug-likeness (QED) is 0.238. The molecule has 11 heteroatoms. The number of hydrogen-bond acceptors (Lipinski definition) is 7. The molecule has 35 heavy (non-hydrogen) atoms. The smallest absolute Gasteiger partial charge is 0.339 e. The summed E-state index contributed by atoms with van der Waals surface area (Å²) < 4.78 is 6.53. The molecule has 0 radical (unpaired) electrons. The molecule has 0 fully saturated rings. The molecule has 0 aliphatic carbocycles. The summed E-state index contributed by atoms with van der Waals surface area (Å²) in [5, 5.41) is 15.0. The van der Waals surface area contributed by atoms with Crippen LogP contribution in [0.2, 0.25) is 5.02 Å². The highest BCUT2D eigenvalue weighted by Gasteiger charge is 2.21. The summed E-state index contributed by atoms with van der Waals surface area (Å²) in [5.41, 5.74) is 1.04. The first kappa shape index (κ1) is 26.0. The Hall–Kier alpha value is -3.63. The summed E-state index contributed by atoms with van der Waals surface area (Å²) in [6.07, 6.45) is 1.68. The van der Waals surface area contributed by atoms with Gasteiger partial charge in [0.05, 0.1) is 30.2 Å². The molecule has 2 amide bonds. The third-order valence-electron chi connectivity index (χ3n) is 4.82. The number of carbonyl (C=O) groups is 3. The standard InChI is InChI=1S/C24H24ClN5O4S/c1-4-12-30-21(15(2)26-22(32)16-8-7-9-17(25)13-16)28-29-24(30)35-14-20(31)27-19-11-6-5-10-18(19)23(33)34-3/h4-11,13,15H,1,12,14H2,2-3H3,(H,26,32)(H,27,31)/t15-/m1/s1. The molecule has 3 aromatic rings. The van der Waals surface area contributed by atoms with E-state index in [-0.39, 0.29) is 23.1 Å². The molecule has 182 valence electrons. The number of rotatable bonds is 10. The Morgan fingerprint density at radius 3 is 2.69 bits per heavy atom. The summed E-state index contributed by atoms with van der Waals surface area (Å²) in [7, 11) is 1.28. The first-order valence-electron chi connectivity index (χ1n) is 10.5. The van der Waals surface area contributed by atoms with Gasteiger partial charge >= 0.3 is 5.97 Å². The molecule has 1 aromatic heterocycles. The van der Waals surface area contributed by atoms with Crippen molar-refractivity contribution in [3.05, 3.63) is 83.2 Å². The predicted molar refractivity (Wildman–Crippen MR) is 135 cm³/mol. The first-order chi connectivity index (χ1) is 16.8. The summed E-state index contributed by atoms with van der Waals surface area (Å²) in [6, 6.07) is 12.8. The van der Waals surface area contributed by atoms with E-state index in [1.54, 1.807) is 66.1 Å². The number of nitrogens with one attached hydrogen (secondary N) is 2. The van der Waals surface area contributed by atoms with E-state index in [2.05, 4.69) is 27.4 Å². The van der Waals surface area contributed by atoms with Crippen molar-refractivity contribution in [1.29, 1.82) is 0 Å². The van der Waals surface area contributed by atoms with Crippen molar-refractivity contribution in [1.82, 2.24) is 20.1 Å². The molecule has 1 heterocycles. The van der Waals surface area contributed by atoms with Crippen molar-refractivity contribution < 1.29 is 19.1 Å². The highest BCUT2D eigenvalue weighted by molar-refractivity contribution is 7.99. The number of benzene rings is 2. The van der Waals surface area contributed by atoms with Gasteiger partial charge in [0.2, 0.25) is 5.91 Å². The second kappa shape index (κ2) is 12.2. The zero-order chi connectivity index (χ0) is 25.4. The van der Waals surface area contributed by atoms with Crippen LogP contribution in [-0.4, -0.2) is 45.4 Å². The molecular weight excluding hydrogens is 490 g/mol. The van der Waals surface area contributed by atoms with Crippen LogP contribution in [0.25, 0.3) is 0 Å². The fourth-order valence-electron chi connectivity index (χ4n) is 3.20. The lowest BCUT2D eigenvalue weighted by Gasteiger charge is -2.15. The maximum Gasteiger partial charge on any atom is 0.339 e. The second-order valence-electron chi connectivity index (χ2n) is 7.32. The van der Waals surface area contributed by atoms with E-state index in [1.807, 2.05) is 0 Å². The van der Waals surface area contributed by atoms with Crippen LogP contribution in [0.1, 0.15) is 39.5 Å². The number of hydrogen-bond donors (Lipinski definition) is 2. The van der Waals surface area contributed by atoms with Crippen LogP contribution in [-0.2, 0) is 16.1 Å². The maximum absolute atomic E-state index is 12.6. The van der Waals surface area contributed by atoms with E-state index in [9.17, 15) is 14.4 Å². The highest BCUT2D eigenvalue weighted by Crippen LogP contribution is 2.22. The van der Waals surface area contributed by atoms with Crippen molar-refractivity contribution in [3.63, 3.8) is 0 Å². The molecule has 3 rings (SSSR count). The summed E-state index contributed by atoms with van der Waals surface area (Å²) in [5.74, 6) is -0.639. The molecule has 0 saturated carbocycles. The fraction of sp³-hybridized carbons (Fsp3) is 0.208. The molecule has 1 atom stereocenters. The monoisotopic (exact) mass is 513 g/mol. The number of methoxy groups -OCH3 is 1. The van der Waals surface area contributed by atoms with Crippen LogP contribution in [0, 0.1) is 0 Å². The number of anilines is 1. The number of ether oxygens (including phenoxy) is 1. The van der Waals surface area contributed by atoms with Crippen LogP contribution in [0.5, 0.6) is 0 Å². The minimum Gasteiger partial charge on any atom is -0.465 e. The largest absolute Gasteiger partial charge is 0.465 e. The lowest BCUT2D eigenvalue weighted by Crippen LogP contribution is -2.28. The normalized spacial score (nSPS) is 11.4. The summed E-state index contributed by atoms with van der Waals surface area (Å²) in [4.78, 5) is 37.1. The molecule has 2 aromatic carbocycles. The number of amides is 2. The number of aromatic nitrogens is 3. The minimum atomic E-state index is -0.544. The molecule has 0 bridgehead atoms. The summed E-state index contributed by atoms with van der Waals surface area (Å²) in [6.45, 7) is 5.94. The molecule has 2 N–H and O–H groups in total. The van der Waals surface area contributed by atoms with E-state index < -0.39 is 12.0 Å². The highest BCUT2D eigenvalue weighted by atomic mass is 35.5. The van der Waals surface area contributed by atoms with Gasteiger partial charge in [-0.15, -0.1) is 16.8 Å². The maximum atomic E-state index is 12.6. The number of nitrogens with zero attached hydrogens (tertiary/aromatic N) is 3. The molecule has 0 saturated heterocycles. The molecule has 9 nitrogen and oxygen atoms in total. The number of para-hydroxylation sites is 1. The van der Waals surface area contributed by atoms with Gasteiger partial charge in [0.15, 0.2) is 11.0 Å². The lowest BCUT2D eigenvalue weighted by molar-refractivity contribution is -0.113. The zero-order valence-corrected chi connectivity index (χ0v) is 20.7.